The molecule has 0 aliphatic heterocycles. The number of hydrogen-bond donors (Lipinski definition) is 3. The van der Waals surface area contributed by atoms with E-state index in [0.717, 1.165) is 6.92 Å². The summed E-state index contributed by atoms with van der Waals surface area (Å²) in [5.74, 6) is 4.75. The van der Waals surface area contributed by atoms with E-state index < -0.39 is 5.97 Å². The predicted octanol–water partition coefficient (Wildman–Crippen LogP) is 2.33. The Kier molecular flexibility index (Phi) is 6.29. The zero-order valence-corrected chi connectivity index (χ0v) is 10.8. The second kappa shape index (κ2) is 8.02. The van der Waals surface area contributed by atoms with E-state index in [1.807, 2.05) is 36.4 Å². The van der Waals surface area contributed by atoms with Crippen molar-refractivity contribution in [2.45, 2.75) is 13.0 Å². The molecule has 4 nitrogen and oxygen atoms in total. The molecule has 0 amide bonds. The molecule has 0 radical (unpaired) electrons. The van der Waals surface area contributed by atoms with Gasteiger partial charge in [-0.1, -0.05) is 60.7 Å². The van der Waals surface area contributed by atoms with Crippen LogP contribution in [0.2, 0.25) is 0 Å². The van der Waals surface area contributed by atoms with Gasteiger partial charge in [-0.15, -0.1) is 0 Å². The number of benzene rings is 2. The average molecular weight is 258 g/mol. The van der Waals surface area contributed by atoms with Gasteiger partial charge in [0.1, 0.15) is 0 Å². The molecular weight excluding hydrogens is 240 g/mol. The van der Waals surface area contributed by atoms with Crippen molar-refractivity contribution in [3.63, 3.8) is 0 Å². The van der Waals surface area contributed by atoms with Gasteiger partial charge in [0.2, 0.25) is 0 Å². The van der Waals surface area contributed by atoms with Gasteiger partial charge in [0, 0.05) is 6.92 Å². The minimum atomic E-state index is -0.833. The van der Waals surface area contributed by atoms with Crippen LogP contribution in [-0.4, -0.2) is 11.1 Å². The lowest BCUT2D eigenvalue weighted by atomic mass is 10.00. The van der Waals surface area contributed by atoms with Crippen molar-refractivity contribution in [2.24, 2.45) is 5.84 Å². The number of carboxylic acids is 1. The van der Waals surface area contributed by atoms with Crippen molar-refractivity contribution in [1.82, 2.24) is 5.43 Å². The van der Waals surface area contributed by atoms with E-state index in [0.29, 0.717) is 0 Å². The van der Waals surface area contributed by atoms with Crippen LogP contribution in [0.5, 0.6) is 0 Å². The largest absolute Gasteiger partial charge is 0.481 e. The van der Waals surface area contributed by atoms with Gasteiger partial charge in [0.15, 0.2) is 0 Å². The maximum Gasteiger partial charge on any atom is 0.300 e. The summed E-state index contributed by atoms with van der Waals surface area (Å²) in [6, 6.07) is 20.4. The molecule has 2 rings (SSSR count). The van der Waals surface area contributed by atoms with E-state index in [9.17, 15) is 0 Å². The Morgan fingerprint density at radius 3 is 1.58 bits per heavy atom. The lowest BCUT2D eigenvalue weighted by molar-refractivity contribution is -0.134. The van der Waals surface area contributed by atoms with Gasteiger partial charge in [-0.25, -0.2) is 5.43 Å². The van der Waals surface area contributed by atoms with Crippen LogP contribution in [0.1, 0.15) is 24.1 Å². The molecule has 0 aromatic heterocycles. The first kappa shape index (κ1) is 14.9. The van der Waals surface area contributed by atoms with Gasteiger partial charge in [0.25, 0.3) is 5.97 Å². The summed E-state index contributed by atoms with van der Waals surface area (Å²) < 4.78 is 0. The fraction of sp³-hybridized carbons (Fsp3) is 0.133. The zero-order chi connectivity index (χ0) is 14.1. The minimum absolute atomic E-state index is 0.0624. The maximum absolute atomic E-state index is 9.00. The van der Waals surface area contributed by atoms with Gasteiger partial charge in [-0.3, -0.25) is 10.6 Å². The monoisotopic (exact) mass is 258 g/mol. The van der Waals surface area contributed by atoms with Crippen LogP contribution in [-0.2, 0) is 4.79 Å². The van der Waals surface area contributed by atoms with Crippen LogP contribution in [0.4, 0.5) is 0 Å². The molecule has 19 heavy (non-hydrogen) atoms. The zero-order valence-electron chi connectivity index (χ0n) is 10.8. The maximum atomic E-state index is 9.00. The third-order valence-corrected chi connectivity index (χ3v) is 2.43. The molecular formula is C15H18N2O2. The van der Waals surface area contributed by atoms with E-state index in [2.05, 4.69) is 29.7 Å². The first-order valence-electron chi connectivity index (χ1n) is 5.90. The first-order valence-corrected chi connectivity index (χ1v) is 5.90. The second-order valence-corrected chi connectivity index (χ2v) is 3.94. The summed E-state index contributed by atoms with van der Waals surface area (Å²) in [6.45, 7) is 1.08. The lowest BCUT2D eigenvalue weighted by Gasteiger charge is -2.16. The van der Waals surface area contributed by atoms with Crippen molar-refractivity contribution in [2.75, 3.05) is 0 Å². The molecule has 0 unspecified atom stereocenters. The van der Waals surface area contributed by atoms with E-state index in [-0.39, 0.29) is 6.04 Å². The molecule has 0 saturated heterocycles. The van der Waals surface area contributed by atoms with E-state index >= 15 is 0 Å². The molecule has 4 N–H and O–H groups in total. The Morgan fingerprint density at radius 1 is 1.00 bits per heavy atom. The normalized spacial score (nSPS) is 9.63. The molecule has 0 heterocycles. The SMILES string of the molecule is CC(=O)O.NNC(c1ccccc1)c1ccccc1. The Balaban J connectivity index is 0.000000399. The van der Waals surface area contributed by atoms with Crippen LogP contribution in [0.3, 0.4) is 0 Å². The van der Waals surface area contributed by atoms with Gasteiger partial charge in [0.05, 0.1) is 6.04 Å². The van der Waals surface area contributed by atoms with Crippen molar-refractivity contribution in [3.05, 3.63) is 71.8 Å². The van der Waals surface area contributed by atoms with Crippen molar-refractivity contribution in [1.29, 1.82) is 0 Å². The van der Waals surface area contributed by atoms with Gasteiger partial charge < -0.3 is 5.11 Å². The fourth-order valence-electron chi connectivity index (χ4n) is 1.68. The summed E-state index contributed by atoms with van der Waals surface area (Å²) in [6.07, 6.45) is 0. The summed E-state index contributed by atoms with van der Waals surface area (Å²) in [7, 11) is 0. The summed E-state index contributed by atoms with van der Waals surface area (Å²) in [5, 5.41) is 7.42. The molecule has 0 saturated carbocycles. The quantitative estimate of drug-likeness (QED) is 0.583. The number of carbonyl (C=O) groups is 1. The van der Waals surface area contributed by atoms with Crippen LogP contribution in [0.15, 0.2) is 60.7 Å². The summed E-state index contributed by atoms with van der Waals surface area (Å²) in [5.41, 5.74) is 5.18. The topological polar surface area (TPSA) is 75.3 Å². The summed E-state index contributed by atoms with van der Waals surface area (Å²) >= 11 is 0. The Labute approximate surface area is 112 Å². The van der Waals surface area contributed by atoms with E-state index in [1.54, 1.807) is 0 Å². The lowest BCUT2D eigenvalue weighted by Crippen LogP contribution is -2.28. The standard InChI is InChI=1S/C13H14N2.C2H4O2/c14-15-13(11-7-3-1-4-8-11)12-9-5-2-6-10-12;1-2(3)4/h1-10,13,15H,14H2;1H3,(H,3,4). The number of hydrogen-bond acceptors (Lipinski definition) is 3. The van der Waals surface area contributed by atoms with Gasteiger partial charge in [-0.05, 0) is 11.1 Å². The molecule has 0 spiro atoms. The molecule has 0 bridgehead atoms. The van der Waals surface area contributed by atoms with E-state index in [1.165, 1.54) is 11.1 Å². The first-order chi connectivity index (χ1) is 9.15. The van der Waals surface area contributed by atoms with Gasteiger partial charge >= 0.3 is 0 Å². The number of hydrazine groups is 1. The Hall–Kier alpha value is -2.17. The molecule has 2 aromatic rings. The average Bonchev–Trinajstić information content (AvgIpc) is 2.41. The molecule has 0 aliphatic rings. The molecule has 0 fully saturated rings. The highest BCUT2D eigenvalue weighted by molar-refractivity contribution is 5.62. The highest BCUT2D eigenvalue weighted by Crippen LogP contribution is 2.20. The highest BCUT2D eigenvalue weighted by Gasteiger charge is 2.10. The van der Waals surface area contributed by atoms with Gasteiger partial charge in [-0.2, -0.15) is 0 Å². The molecule has 4 heteroatoms. The number of nitrogens with two attached hydrogens (primary N) is 1. The number of carboxylic acid groups (broad SMARTS) is 1. The van der Waals surface area contributed by atoms with Crippen LogP contribution in [0.25, 0.3) is 0 Å². The number of nitrogens with one attached hydrogen (secondary N) is 1. The number of rotatable bonds is 3. The Morgan fingerprint density at radius 2 is 1.32 bits per heavy atom. The minimum Gasteiger partial charge on any atom is -0.481 e. The molecule has 100 valence electrons. The van der Waals surface area contributed by atoms with Crippen LogP contribution < -0.4 is 11.3 Å². The van der Waals surface area contributed by atoms with Crippen molar-refractivity contribution >= 4 is 5.97 Å². The van der Waals surface area contributed by atoms with Crippen LogP contribution in [0, 0.1) is 0 Å². The number of aliphatic carboxylic acids is 1. The second-order valence-electron chi connectivity index (χ2n) is 3.94. The fourth-order valence-corrected chi connectivity index (χ4v) is 1.68. The summed E-state index contributed by atoms with van der Waals surface area (Å²) in [4.78, 5) is 9.00. The Bertz CT molecular complexity index is 443. The smallest absolute Gasteiger partial charge is 0.300 e. The van der Waals surface area contributed by atoms with Crippen LogP contribution >= 0.6 is 0 Å². The molecule has 0 aliphatic carbocycles. The van der Waals surface area contributed by atoms with Crippen molar-refractivity contribution < 1.29 is 9.90 Å². The molecule has 2 aromatic carbocycles. The molecule has 0 atom stereocenters. The highest BCUT2D eigenvalue weighted by atomic mass is 16.4. The van der Waals surface area contributed by atoms with E-state index in [4.69, 9.17) is 15.7 Å². The third kappa shape index (κ3) is 5.33. The van der Waals surface area contributed by atoms with Crippen molar-refractivity contribution in [3.8, 4) is 0 Å². The third-order valence-electron chi connectivity index (χ3n) is 2.43. The predicted molar refractivity (Wildman–Crippen MR) is 75.4 cm³/mol.